The van der Waals surface area contributed by atoms with Gasteiger partial charge in [0, 0.05) is 40.8 Å². The van der Waals surface area contributed by atoms with Crippen LogP contribution in [0.5, 0.6) is 0 Å². The molecule has 1 aliphatic rings. The first-order valence-electron chi connectivity index (χ1n) is 6.32. The number of H-pyrrole nitrogens is 1. The number of nitrogens with one attached hydrogen (secondary N) is 1. The van der Waals surface area contributed by atoms with Gasteiger partial charge in [0.05, 0.1) is 5.69 Å². The number of fused-ring (bicyclic) bond motifs is 1. The fraction of sp³-hybridized carbons (Fsp3) is 0.357. The predicted octanol–water partition coefficient (Wildman–Crippen LogP) is 3.22. The molecule has 0 radical (unpaired) electrons. The highest BCUT2D eigenvalue weighted by Crippen LogP contribution is 2.29. The lowest BCUT2D eigenvalue weighted by Crippen LogP contribution is -2.30. The van der Waals surface area contributed by atoms with E-state index in [1.807, 2.05) is 6.07 Å². The second kappa shape index (κ2) is 4.86. The Morgan fingerprint density at radius 2 is 2.33 bits per heavy atom. The molecule has 1 aliphatic heterocycles. The number of hydrogen-bond acceptors (Lipinski definition) is 2. The number of rotatable bonds is 2. The van der Waals surface area contributed by atoms with Gasteiger partial charge in [-0.1, -0.05) is 35.0 Å². The SMILES string of the molecule is CCN1CCc2[nH]nc(-c3cccc(Br)c3)c2C1. The van der Waals surface area contributed by atoms with Crippen LogP contribution in [0.4, 0.5) is 0 Å². The number of nitrogens with zero attached hydrogens (tertiary/aromatic N) is 2. The molecular weight excluding hydrogens is 290 g/mol. The lowest BCUT2D eigenvalue weighted by atomic mass is 10.0. The molecule has 0 saturated carbocycles. The van der Waals surface area contributed by atoms with Gasteiger partial charge in [0.25, 0.3) is 0 Å². The van der Waals surface area contributed by atoms with Crippen molar-refractivity contribution in [1.82, 2.24) is 15.1 Å². The number of aromatic amines is 1. The van der Waals surface area contributed by atoms with E-state index in [0.717, 1.165) is 36.2 Å². The number of benzene rings is 1. The summed E-state index contributed by atoms with van der Waals surface area (Å²) in [5.74, 6) is 0. The van der Waals surface area contributed by atoms with Crippen molar-refractivity contribution in [1.29, 1.82) is 0 Å². The molecule has 1 aromatic carbocycles. The van der Waals surface area contributed by atoms with E-state index in [-0.39, 0.29) is 0 Å². The van der Waals surface area contributed by atoms with Crippen LogP contribution < -0.4 is 0 Å². The Bertz CT molecular complexity index is 562. The van der Waals surface area contributed by atoms with Crippen molar-refractivity contribution in [2.45, 2.75) is 19.9 Å². The number of halogens is 1. The first kappa shape index (κ1) is 11.9. The molecule has 0 spiro atoms. The van der Waals surface area contributed by atoms with Crippen LogP contribution in [0.3, 0.4) is 0 Å². The van der Waals surface area contributed by atoms with Crippen molar-refractivity contribution in [2.24, 2.45) is 0 Å². The summed E-state index contributed by atoms with van der Waals surface area (Å²) in [7, 11) is 0. The highest BCUT2D eigenvalue weighted by molar-refractivity contribution is 9.10. The molecule has 2 aromatic rings. The molecule has 18 heavy (non-hydrogen) atoms. The summed E-state index contributed by atoms with van der Waals surface area (Å²) in [6, 6.07) is 8.34. The van der Waals surface area contributed by atoms with Crippen LogP contribution in [0.1, 0.15) is 18.2 Å². The summed E-state index contributed by atoms with van der Waals surface area (Å²) in [6.07, 6.45) is 1.07. The Labute approximate surface area is 115 Å². The Balaban J connectivity index is 2.02. The molecular formula is C14H16BrN3. The topological polar surface area (TPSA) is 31.9 Å². The van der Waals surface area contributed by atoms with Crippen molar-refractivity contribution < 1.29 is 0 Å². The van der Waals surface area contributed by atoms with Gasteiger partial charge in [0.2, 0.25) is 0 Å². The third-order valence-electron chi connectivity index (χ3n) is 3.56. The van der Waals surface area contributed by atoms with Gasteiger partial charge in [-0.2, -0.15) is 5.10 Å². The van der Waals surface area contributed by atoms with E-state index in [2.05, 4.69) is 56.2 Å². The lowest BCUT2D eigenvalue weighted by Gasteiger charge is -2.25. The molecule has 0 atom stereocenters. The first-order chi connectivity index (χ1) is 8.78. The molecule has 0 aliphatic carbocycles. The molecule has 1 N–H and O–H groups in total. The largest absolute Gasteiger partial charge is 0.299 e. The van der Waals surface area contributed by atoms with E-state index in [1.54, 1.807) is 0 Å². The van der Waals surface area contributed by atoms with Crippen molar-refractivity contribution in [2.75, 3.05) is 13.1 Å². The molecule has 2 heterocycles. The number of aromatic nitrogens is 2. The summed E-state index contributed by atoms with van der Waals surface area (Å²) in [5, 5.41) is 7.70. The van der Waals surface area contributed by atoms with Crippen molar-refractivity contribution in [3.63, 3.8) is 0 Å². The second-order valence-corrected chi connectivity index (χ2v) is 5.57. The van der Waals surface area contributed by atoms with E-state index in [0.29, 0.717) is 0 Å². The summed E-state index contributed by atoms with van der Waals surface area (Å²) in [4.78, 5) is 2.46. The maximum atomic E-state index is 4.51. The summed E-state index contributed by atoms with van der Waals surface area (Å²) >= 11 is 3.52. The van der Waals surface area contributed by atoms with Crippen LogP contribution in [0, 0.1) is 0 Å². The van der Waals surface area contributed by atoms with Crippen LogP contribution in [0.15, 0.2) is 28.7 Å². The average Bonchev–Trinajstić information content (AvgIpc) is 2.81. The third kappa shape index (κ3) is 2.10. The zero-order valence-corrected chi connectivity index (χ0v) is 12.0. The van der Waals surface area contributed by atoms with E-state index in [4.69, 9.17) is 0 Å². The van der Waals surface area contributed by atoms with E-state index in [1.165, 1.54) is 16.8 Å². The van der Waals surface area contributed by atoms with Gasteiger partial charge in [-0.15, -0.1) is 0 Å². The monoisotopic (exact) mass is 305 g/mol. The second-order valence-electron chi connectivity index (χ2n) is 4.66. The highest BCUT2D eigenvalue weighted by atomic mass is 79.9. The fourth-order valence-electron chi connectivity index (χ4n) is 2.50. The van der Waals surface area contributed by atoms with Gasteiger partial charge in [-0.25, -0.2) is 0 Å². The minimum Gasteiger partial charge on any atom is -0.299 e. The van der Waals surface area contributed by atoms with Crippen LogP contribution in [-0.4, -0.2) is 28.2 Å². The molecule has 0 fully saturated rings. The van der Waals surface area contributed by atoms with Crippen molar-refractivity contribution in [3.05, 3.63) is 40.0 Å². The Kier molecular flexibility index (Phi) is 3.22. The van der Waals surface area contributed by atoms with Gasteiger partial charge >= 0.3 is 0 Å². The van der Waals surface area contributed by atoms with Crippen LogP contribution >= 0.6 is 15.9 Å². The molecule has 4 heteroatoms. The maximum Gasteiger partial charge on any atom is 0.0969 e. The normalized spacial score (nSPS) is 15.7. The van der Waals surface area contributed by atoms with Gasteiger partial charge < -0.3 is 0 Å². The quantitative estimate of drug-likeness (QED) is 0.924. The summed E-state index contributed by atoms with van der Waals surface area (Å²) in [5.41, 5.74) is 4.94. The van der Waals surface area contributed by atoms with E-state index < -0.39 is 0 Å². The molecule has 0 unspecified atom stereocenters. The van der Waals surface area contributed by atoms with Gasteiger partial charge in [0.15, 0.2) is 0 Å². The van der Waals surface area contributed by atoms with Crippen LogP contribution in [0.2, 0.25) is 0 Å². The predicted molar refractivity (Wildman–Crippen MR) is 76.4 cm³/mol. The Hall–Kier alpha value is -1.13. The zero-order chi connectivity index (χ0) is 12.5. The first-order valence-corrected chi connectivity index (χ1v) is 7.11. The highest BCUT2D eigenvalue weighted by Gasteiger charge is 2.21. The number of hydrogen-bond donors (Lipinski definition) is 1. The number of likely N-dealkylation sites (N-methyl/N-ethyl adjacent to an activating group) is 1. The zero-order valence-electron chi connectivity index (χ0n) is 10.4. The lowest BCUT2D eigenvalue weighted by molar-refractivity contribution is 0.267. The summed E-state index contributed by atoms with van der Waals surface area (Å²) < 4.78 is 1.10. The maximum absolute atomic E-state index is 4.51. The van der Waals surface area contributed by atoms with Gasteiger partial charge in [0.1, 0.15) is 0 Å². The van der Waals surface area contributed by atoms with Crippen molar-refractivity contribution >= 4 is 15.9 Å². The fourth-order valence-corrected chi connectivity index (χ4v) is 2.89. The van der Waals surface area contributed by atoms with Crippen molar-refractivity contribution in [3.8, 4) is 11.3 Å². The third-order valence-corrected chi connectivity index (χ3v) is 4.05. The molecule has 0 amide bonds. The average molecular weight is 306 g/mol. The molecule has 3 nitrogen and oxygen atoms in total. The molecule has 94 valence electrons. The minimum atomic E-state index is 1.00. The van der Waals surface area contributed by atoms with E-state index >= 15 is 0 Å². The molecule has 0 bridgehead atoms. The summed E-state index contributed by atoms with van der Waals surface area (Å²) in [6.45, 7) is 5.44. The van der Waals surface area contributed by atoms with Crippen LogP contribution in [-0.2, 0) is 13.0 Å². The molecule has 3 rings (SSSR count). The minimum absolute atomic E-state index is 1.00. The van der Waals surface area contributed by atoms with Crippen LogP contribution in [0.25, 0.3) is 11.3 Å². The molecule has 1 aromatic heterocycles. The van der Waals surface area contributed by atoms with E-state index in [9.17, 15) is 0 Å². The Morgan fingerprint density at radius 1 is 1.44 bits per heavy atom. The smallest absolute Gasteiger partial charge is 0.0969 e. The van der Waals surface area contributed by atoms with Gasteiger partial charge in [-0.05, 0) is 18.7 Å². The standard InChI is InChI=1S/C14H16BrN3/c1-2-18-7-6-13-12(9-18)14(17-16-13)10-4-3-5-11(15)8-10/h3-5,8H,2,6-7,9H2,1H3,(H,16,17). The molecule has 0 saturated heterocycles. The van der Waals surface area contributed by atoms with Gasteiger partial charge in [-0.3, -0.25) is 10.00 Å². The Morgan fingerprint density at radius 3 is 3.11 bits per heavy atom.